The van der Waals surface area contributed by atoms with E-state index in [0.29, 0.717) is 6.10 Å². The first-order valence-electron chi connectivity index (χ1n) is 3.79. The van der Waals surface area contributed by atoms with E-state index in [2.05, 4.69) is 0 Å². The van der Waals surface area contributed by atoms with E-state index in [0.717, 1.165) is 17.5 Å². The molecule has 2 unspecified atom stereocenters. The SMILES string of the molecule is Fc1cccc2c1CC1OC21. The van der Waals surface area contributed by atoms with Gasteiger partial charge >= 0.3 is 0 Å². The van der Waals surface area contributed by atoms with Gasteiger partial charge in [-0.3, -0.25) is 0 Å². The first kappa shape index (κ1) is 5.72. The van der Waals surface area contributed by atoms with E-state index in [1.165, 1.54) is 6.07 Å². The summed E-state index contributed by atoms with van der Waals surface area (Å²) in [5.41, 5.74) is 1.93. The fourth-order valence-electron chi connectivity index (χ4n) is 1.83. The molecule has 1 aliphatic heterocycles. The van der Waals surface area contributed by atoms with Crippen molar-refractivity contribution in [2.75, 3.05) is 0 Å². The average Bonchev–Trinajstić information content (AvgIpc) is 2.67. The Morgan fingerprint density at radius 2 is 2.36 bits per heavy atom. The first-order valence-corrected chi connectivity index (χ1v) is 3.79. The maximum Gasteiger partial charge on any atom is 0.126 e. The molecule has 2 aliphatic rings. The molecule has 2 heteroatoms. The van der Waals surface area contributed by atoms with Crippen LogP contribution in [0.1, 0.15) is 17.2 Å². The van der Waals surface area contributed by atoms with Crippen LogP contribution in [0.25, 0.3) is 0 Å². The highest BCUT2D eigenvalue weighted by molar-refractivity contribution is 5.39. The Bertz CT molecular complexity index is 321. The molecular formula is C9H7FO. The molecule has 1 nitrogen and oxygen atoms in total. The highest BCUT2D eigenvalue weighted by Crippen LogP contribution is 2.49. The number of hydrogen-bond donors (Lipinski definition) is 0. The fourth-order valence-corrected chi connectivity index (χ4v) is 1.83. The van der Waals surface area contributed by atoms with Crippen molar-refractivity contribution < 1.29 is 9.13 Å². The topological polar surface area (TPSA) is 12.5 Å². The number of epoxide rings is 1. The van der Waals surface area contributed by atoms with Crippen LogP contribution in [0.4, 0.5) is 4.39 Å². The van der Waals surface area contributed by atoms with Crippen molar-refractivity contribution in [1.82, 2.24) is 0 Å². The van der Waals surface area contributed by atoms with E-state index in [1.807, 2.05) is 6.07 Å². The van der Waals surface area contributed by atoms with Crippen molar-refractivity contribution in [3.63, 3.8) is 0 Å². The van der Waals surface area contributed by atoms with E-state index >= 15 is 0 Å². The van der Waals surface area contributed by atoms with Gasteiger partial charge in [0.1, 0.15) is 11.9 Å². The van der Waals surface area contributed by atoms with Crippen LogP contribution >= 0.6 is 0 Å². The molecular weight excluding hydrogens is 143 g/mol. The predicted octanol–water partition coefficient (Wildman–Crippen LogP) is 1.82. The van der Waals surface area contributed by atoms with E-state index in [1.54, 1.807) is 6.07 Å². The summed E-state index contributed by atoms with van der Waals surface area (Å²) >= 11 is 0. The van der Waals surface area contributed by atoms with Gasteiger partial charge in [0.2, 0.25) is 0 Å². The Labute approximate surface area is 63.8 Å². The van der Waals surface area contributed by atoms with Gasteiger partial charge in [-0.25, -0.2) is 4.39 Å². The minimum atomic E-state index is -0.0710. The molecule has 1 aromatic rings. The summed E-state index contributed by atoms with van der Waals surface area (Å²) in [5.74, 6) is -0.0710. The number of halogens is 1. The van der Waals surface area contributed by atoms with Crippen LogP contribution in [0.5, 0.6) is 0 Å². The lowest BCUT2D eigenvalue weighted by Crippen LogP contribution is -1.92. The Balaban J connectivity index is 2.24. The Morgan fingerprint density at radius 1 is 1.45 bits per heavy atom. The number of fused-ring (bicyclic) bond motifs is 3. The Kier molecular flexibility index (Phi) is 0.853. The van der Waals surface area contributed by atoms with E-state index < -0.39 is 0 Å². The van der Waals surface area contributed by atoms with Crippen LogP contribution < -0.4 is 0 Å². The molecule has 0 saturated carbocycles. The summed E-state index contributed by atoms with van der Waals surface area (Å²) in [5, 5.41) is 0. The highest BCUT2D eigenvalue weighted by Gasteiger charge is 2.47. The minimum Gasteiger partial charge on any atom is -0.364 e. The number of hydrogen-bond acceptors (Lipinski definition) is 1. The summed E-state index contributed by atoms with van der Waals surface area (Å²) in [6.45, 7) is 0. The molecule has 1 aromatic carbocycles. The second-order valence-corrected chi connectivity index (χ2v) is 3.11. The van der Waals surface area contributed by atoms with Crippen LogP contribution in [0.2, 0.25) is 0 Å². The molecule has 0 N–H and O–H groups in total. The Morgan fingerprint density at radius 3 is 3.18 bits per heavy atom. The van der Waals surface area contributed by atoms with Gasteiger partial charge in [-0.2, -0.15) is 0 Å². The minimum absolute atomic E-state index is 0.0710. The third-order valence-electron chi connectivity index (χ3n) is 2.45. The van der Waals surface area contributed by atoms with Crippen molar-refractivity contribution in [1.29, 1.82) is 0 Å². The summed E-state index contributed by atoms with van der Waals surface area (Å²) in [6.07, 6.45) is 1.29. The van der Waals surface area contributed by atoms with Crippen molar-refractivity contribution in [2.45, 2.75) is 18.6 Å². The highest BCUT2D eigenvalue weighted by atomic mass is 19.1. The van der Waals surface area contributed by atoms with Gasteiger partial charge in [-0.15, -0.1) is 0 Å². The lowest BCUT2D eigenvalue weighted by atomic mass is 10.1. The van der Waals surface area contributed by atoms with Crippen LogP contribution in [0.3, 0.4) is 0 Å². The molecule has 3 rings (SSSR count). The van der Waals surface area contributed by atoms with Crippen LogP contribution in [-0.4, -0.2) is 6.10 Å². The third kappa shape index (κ3) is 0.627. The van der Waals surface area contributed by atoms with Crippen LogP contribution in [0, 0.1) is 5.82 Å². The van der Waals surface area contributed by atoms with Gasteiger partial charge in [-0.05, 0) is 17.2 Å². The second-order valence-electron chi connectivity index (χ2n) is 3.11. The van der Waals surface area contributed by atoms with Crippen molar-refractivity contribution >= 4 is 0 Å². The number of benzene rings is 1. The van der Waals surface area contributed by atoms with Crippen LogP contribution in [-0.2, 0) is 11.2 Å². The molecule has 0 amide bonds. The molecule has 2 atom stereocenters. The zero-order valence-electron chi connectivity index (χ0n) is 5.88. The predicted molar refractivity (Wildman–Crippen MR) is 37.7 cm³/mol. The van der Waals surface area contributed by atoms with Gasteiger partial charge in [-0.1, -0.05) is 12.1 Å². The third-order valence-corrected chi connectivity index (χ3v) is 2.45. The maximum absolute atomic E-state index is 13.0. The van der Waals surface area contributed by atoms with Gasteiger partial charge < -0.3 is 4.74 Å². The zero-order chi connectivity index (χ0) is 7.42. The summed E-state index contributed by atoms with van der Waals surface area (Å²) in [4.78, 5) is 0. The fraction of sp³-hybridized carbons (Fsp3) is 0.333. The standard InChI is InChI=1S/C9H7FO/c10-7-3-1-2-5-6(7)4-8-9(5)11-8/h1-3,8-9H,4H2. The molecule has 0 spiro atoms. The second kappa shape index (κ2) is 1.64. The summed E-state index contributed by atoms with van der Waals surface area (Å²) < 4.78 is 18.3. The summed E-state index contributed by atoms with van der Waals surface area (Å²) in [7, 11) is 0. The number of rotatable bonds is 0. The largest absolute Gasteiger partial charge is 0.364 e. The van der Waals surface area contributed by atoms with Crippen molar-refractivity contribution in [3.05, 3.63) is 35.1 Å². The molecule has 1 heterocycles. The molecule has 1 fully saturated rings. The molecule has 0 radical (unpaired) electrons. The van der Waals surface area contributed by atoms with E-state index in [9.17, 15) is 4.39 Å². The summed E-state index contributed by atoms with van der Waals surface area (Å²) in [6, 6.07) is 5.22. The molecule has 1 saturated heterocycles. The molecule has 11 heavy (non-hydrogen) atoms. The van der Waals surface area contributed by atoms with Gasteiger partial charge in [0.25, 0.3) is 0 Å². The van der Waals surface area contributed by atoms with Gasteiger partial charge in [0.05, 0.1) is 6.10 Å². The Hall–Kier alpha value is -0.890. The lowest BCUT2D eigenvalue weighted by molar-refractivity contribution is 0.357. The smallest absolute Gasteiger partial charge is 0.126 e. The van der Waals surface area contributed by atoms with Gasteiger partial charge in [0, 0.05) is 6.42 Å². The molecule has 0 aromatic heterocycles. The molecule has 1 aliphatic carbocycles. The monoisotopic (exact) mass is 150 g/mol. The first-order chi connectivity index (χ1) is 5.36. The van der Waals surface area contributed by atoms with Crippen molar-refractivity contribution in [3.8, 4) is 0 Å². The maximum atomic E-state index is 13.0. The van der Waals surface area contributed by atoms with Crippen LogP contribution in [0.15, 0.2) is 18.2 Å². The molecule has 56 valence electrons. The quantitative estimate of drug-likeness (QED) is 0.514. The lowest BCUT2D eigenvalue weighted by Gasteiger charge is -2.01. The number of ether oxygens (including phenoxy) is 1. The normalized spacial score (nSPS) is 31.4. The average molecular weight is 150 g/mol. The molecule has 0 bridgehead atoms. The van der Waals surface area contributed by atoms with Crippen molar-refractivity contribution in [2.24, 2.45) is 0 Å². The zero-order valence-corrected chi connectivity index (χ0v) is 5.88. The van der Waals surface area contributed by atoms with E-state index in [-0.39, 0.29) is 11.9 Å². The van der Waals surface area contributed by atoms with Gasteiger partial charge in [0.15, 0.2) is 0 Å². The van der Waals surface area contributed by atoms with E-state index in [4.69, 9.17) is 4.74 Å².